The van der Waals surface area contributed by atoms with Crippen molar-refractivity contribution in [3.05, 3.63) is 131 Å². The second kappa shape index (κ2) is 9.37. The van der Waals surface area contributed by atoms with E-state index in [1.54, 1.807) is 22.3 Å². The molecule has 0 bridgehead atoms. The summed E-state index contributed by atoms with van der Waals surface area (Å²) in [5, 5.41) is 0. The fraction of sp³-hybridized carbons (Fsp3) is 0.257. The second-order valence-electron chi connectivity index (χ2n) is 11.2. The molecule has 0 radical (unpaired) electrons. The van der Waals surface area contributed by atoms with E-state index in [0.29, 0.717) is 11.1 Å². The maximum absolute atomic E-state index is 2.74. The van der Waals surface area contributed by atoms with E-state index in [1.807, 2.05) is 0 Å². The van der Waals surface area contributed by atoms with Crippen LogP contribution in [0.5, 0.6) is 0 Å². The van der Waals surface area contributed by atoms with Crippen LogP contribution in [0.2, 0.25) is 12.6 Å². The third-order valence-corrected chi connectivity index (χ3v) is 14.0. The number of hydrogen-bond donors (Lipinski definition) is 0. The highest BCUT2D eigenvalue weighted by Gasteiger charge is 2.51. The molecule has 0 fully saturated rings. The molecule has 0 aromatic heterocycles. The minimum Gasteiger partial charge on any atom is -0.0859 e. The van der Waals surface area contributed by atoms with Crippen LogP contribution >= 0.6 is 0 Å². The quantitative estimate of drug-likeness (QED) is 0.139. The van der Waals surface area contributed by atoms with Gasteiger partial charge >= 0.3 is 0 Å². The third kappa shape index (κ3) is 3.73. The number of unbranched alkanes of at least 4 members (excludes halogenated alkanes) is 2. The minimum atomic E-state index is -1.99. The van der Waals surface area contributed by atoms with Gasteiger partial charge in [-0.15, -0.1) is 0 Å². The van der Waals surface area contributed by atoms with Gasteiger partial charge in [0.1, 0.15) is 0 Å². The Morgan fingerprint density at radius 1 is 0.583 bits per heavy atom. The zero-order valence-corrected chi connectivity index (χ0v) is 22.8. The lowest BCUT2D eigenvalue weighted by molar-refractivity contribution is 0.781. The normalized spacial score (nSPS) is 14.2. The zero-order valence-electron chi connectivity index (χ0n) is 21.8. The molecule has 0 spiro atoms. The Hall–Kier alpha value is -3.16. The Morgan fingerprint density at radius 3 is 1.31 bits per heavy atom. The lowest BCUT2D eigenvalue weighted by Crippen LogP contribution is -2.45. The summed E-state index contributed by atoms with van der Waals surface area (Å²) in [5.41, 5.74) is 14.6. The summed E-state index contributed by atoms with van der Waals surface area (Å²) >= 11 is 0. The van der Waals surface area contributed by atoms with Crippen molar-refractivity contribution in [1.82, 2.24) is 0 Å². The van der Waals surface area contributed by atoms with E-state index in [4.69, 9.17) is 0 Å². The van der Waals surface area contributed by atoms with Crippen LogP contribution in [0, 0.1) is 0 Å². The molecule has 0 amide bonds. The van der Waals surface area contributed by atoms with Gasteiger partial charge in [0.05, 0.1) is 8.07 Å². The highest BCUT2D eigenvalue weighted by Crippen LogP contribution is 2.58. The molecule has 36 heavy (non-hydrogen) atoms. The van der Waals surface area contributed by atoms with Crippen LogP contribution < -0.4 is 0 Å². The van der Waals surface area contributed by atoms with Gasteiger partial charge < -0.3 is 0 Å². The summed E-state index contributed by atoms with van der Waals surface area (Å²) < 4.78 is 0. The maximum atomic E-state index is 2.74. The largest absolute Gasteiger partial charge is 0.0859 e. The summed E-state index contributed by atoms with van der Waals surface area (Å²) in [7, 11) is -1.99. The fourth-order valence-corrected chi connectivity index (χ4v) is 13.0. The molecule has 0 atom stereocenters. The standard InChI is InChI=1S/C35H36Si/c1-25(2)15-5-4-14-24-36(3,34-30-20-10-6-16-26(30)27-17-7-11-21-31(27)34)35-32-22-12-8-18-28(32)29-19-9-13-23-33(29)35/h6-13,15-23,34-35H,4-5,14,24H2,1-3H3. The van der Waals surface area contributed by atoms with Gasteiger partial charge in [-0.05, 0) is 64.8 Å². The molecule has 4 aromatic rings. The summed E-state index contributed by atoms with van der Waals surface area (Å²) in [6.45, 7) is 7.18. The molecule has 0 aliphatic heterocycles. The molecule has 0 N–H and O–H groups in total. The van der Waals surface area contributed by atoms with E-state index in [1.165, 1.54) is 53.1 Å². The number of allylic oxidation sites excluding steroid dienone is 2. The van der Waals surface area contributed by atoms with E-state index in [9.17, 15) is 0 Å². The first-order valence-electron chi connectivity index (χ1n) is 13.6. The van der Waals surface area contributed by atoms with Crippen molar-refractivity contribution >= 4 is 8.07 Å². The Morgan fingerprint density at radius 2 is 0.944 bits per heavy atom. The number of benzene rings is 4. The van der Waals surface area contributed by atoms with Crippen LogP contribution in [0.25, 0.3) is 22.3 Å². The van der Waals surface area contributed by atoms with Crippen LogP contribution in [0.4, 0.5) is 0 Å². The minimum absolute atomic E-state index is 0.512. The van der Waals surface area contributed by atoms with Crippen LogP contribution in [-0.2, 0) is 0 Å². The molecule has 2 aliphatic carbocycles. The van der Waals surface area contributed by atoms with E-state index >= 15 is 0 Å². The fourth-order valence-electron chi connectivity index (χ4n) is 7.23. The van der Waals surface area contributed by atoms with Gasteiger partial charge in [-0.2, -0.15) is 0 Å². The van der Waals surface area contributed by atoms with E-state index in [2.05, 4.69) is 124 Å². The van der Waals surface area contributed by atoms with Crippen molar-refractivity contribution in [3.63, 3.8) is 0 Å². The maximum Gasteiger partial charge on any atom is 0.0761 e. The summed E-state index contributed by atoms with van der Waals surface area (Å²) in [6, 6.07) is 38.4. The monoisotopic (exact) mass is 484 g/mol. The summed E-state index contributed by atoms with van der Waals surface area (Å²) in [5.74, 6) is 0. The Bertz CT molecular complexity index is 1250. The Kier molecular flexibility index (Phi) is 6.05. The smallest absolute Gasteiger partial charge is 0.0761 e. The molecule has 2 aliphatic rings. The lowest BCUT2D eigenvalue weighted by Gasteiger charge is -2.41. The molecule has 0 nitrogen and oxygen atoms in total. The molecular weight excluding hydrogens is 448 g/mol. The van der Waals surface area contributed by atoms with Crippen molar-refractivity contribution in [2.45, 2.75) is 56.8 Å². The molecule has 0 heterocycles. The topological polar surface area (TPSA) is 0 Å². The first-order valence-corrected chi connectivity index (χ1v) is 16.5. The highest BCUT2D eigenvalue weighted by molar-refractivity contribution is 6.83. The van der Waals surface area contributed by atoms with Crippen LogP contribution in [0.1, 0.15) is 66.4 Å². The van der Waals surface area contributed by atoms with Crippen molar-refractivity contribution in [3.8, 4) is 22.3 Å². The van der Waals surface area contributed by atoms with E-state index < -0.39 is 8.07 Å². The Labute approximate surface area is 217 Å². The lowest BCUT2D eigenvalue weighted by atomic mass is 10.1. The van der Waals surface area contributed by atoms with Crippen molar-refractivity contribution < 1.29 is 0 Å². The SMILES string of the molecule is CC(C)=CCCCC[Si](C)(C1c2ccccc2-c2ccccc21)C1c2ccccc2-c2ccccc21. The van der Waals surface area contributed by atoms with Gasteiger partial charge in [0.15, 0.2) is 0 Å². The van der Waals surface area contributed by atoms with Crippen molar-refractivity contribution in [2.75, 3.05) is 0 Å². The van der Waals surface area contributed by atoms with Crippen LogP contribution in [0.15, 0.2) is 109 Å². The first-order chi connectivity index (χ1) is 17.6. The number of hydrogen-bond acceptors (Lipinski definition) is 0. The molecule has 6 rings (SSSR count). The average Bonchev–Trinajstić information content (AvgIpc) is 3.42. The molecule has 1 heteroatoms. The van der Waals surface area contributed by atoms with Gasteiger partial charge in [0.25, 0.3) is 0 Å². The van der Waals surface area contributed by atoms with Crippen molar-refractivity contribution in [1.29, 1.82) is 0 Å². The van der Waals surface area contributed by atoms with Gasteiger partial charge in [0.2, 0.25) is 0 Å². The summed E-state index contributed by atoms with van der Waals surface area (Å²) in [6.07, 6.45) is 6.19. The van der Waals surface area contributed by atoms with Crippen LogP contribution in [-0.4, -0.2) is 8.07 Å². The van der Waals surface area contributed by atoms with Crippen LogP contribution in [0.3, 0.4) is 0 Å². The predicted molar refractivity (Wildman–Crippen MR) is 157 cm³/mol. The van der Waals surface area contributed by atoms with Gasteiger partial charge in [-0.25, -0.2) is 0 Å². The first kappa shape index (κ1) is 23.2. The Balaban J connectivity index is 1.52. The van der Waals surface area contributed by atoms with Gasteiger partial charge in [-0.1, -0.05) is 134 Å². The van der Waals surface area contributed by atoms with E-state index in [0.717, 1.165) is 0 Å². The highest BCUT2D eigenvalue weighted by atomic mass is 28.3. The third-order valence-electron chi connectivity index (χ3n) is 8.71. The molecule has 4 aromatic carbocycles. The second-order valence-corrected chi connectivity index (χ2v) is 15.9. The molecular formula is C35H36Si. The average molecular weight is 485 g/mol. The zero-order chi connectivity index (χ0) is 24.7. The van der Waals surface area contributed by atoms with E-state index in [-0.39, 0.29) is 0 Å². The van der Waals surface area contributed by atoms with Gasteiger partial charge in [0, 0.05) is 11.1 Å². The van der Waals surface area contributed by atoms with Crippen molar-refractivity contribution in [2.24, 2.45) is 0 Å². The molecule has 0 saturated heterocycles. The predicted octanol–water partition coefficient (Wildman–Crippen LogP) is 9.90. The molecule has 0 saturated carbocycles. The summed E-state index contributed by atoms with van der Waals surface area (Å²) in [4.78, 5) is 0. The van der Waals surface area contributed by atoms with Gasteiger partial charge in [-0.3, -0.25) is 0 Å². The number of rotatable bonds is 7. The number of fused-ring (bicyclic) bond motifs is 6. The molecule has 180 valence electrons. The molecule has 0 unspecified atom stereocenters.